The molecular weight excluding hydrogens is 397 g/mol. The number of fused-ring (bicyclic) bond motifs is 1. The van der Waals surface area contributed by atoms with Crippen molar-refractivity contribution in [2.45, 2.75) is 11.3 Å². The van der Waals surface area contributed by atoms with Gasteiger partial charge in [-0.2, -0.15) is 0 Å². The summed E-state index contributed by atoms with van der Waals surface area (Å²) in [6, 6.07) is 16.5. The maximum absolute atomic E-state index is 6.24. The molecule has 0 aliphatic carbocycles. The highest BCUT2D eigenvalue weighted by molar-refractivity contribution is 7.99. The second-order valence-electron chi connectivity index (χ2n) is 6.77. The van der Waals surface area contributed by atoms with Crippen molar-refractivity contribution in [1.29, 1.82) is 0 Å². The van der Waals surface area contributed by atoms with Crippen LogP contribution in [-0.2, 0) is 0 Å². The molecule has 4 rings (SSSR count). The topological polar surface area (TPSA) is 11.4 Å². The standard InChI is InChI=1S/C21H23Cl2N3S/c22-18-6-3-7-19(23)21(18)27-16-4-10-24-12-14-25(15-13-24)26-11-9-17-5-1-2-8-20(17)26/h1-3,5-9,11H,4,10,12-16H2. The van der Waals surface area contributed by atoms with Gasteiger partial charge >= 0.3 is 0 Å². The maximum atomic E-state index is 6.24. The number of piperazine rings is 1. The quantitative estimate of drug-likeness (QED) is 0.392. The van der Waals surface area contributed by atoms with Crippen molar-refractivity contribution in [2.24, 2.45) is 0 Å². The minimum Gasteiger partial charge on any atom is -0.310 e. The summed E-state index contributed by atoms with van der Waals surface area (Å²) < 4.78 is 2.31. The molecule has 2 aromatic carbocycles. The van der Waals surface area contributed by atoms with Crippen molar-refractivity contribution in [3.05, 3.63) is 64.8 Å². The Balaban J connectivity index is 1.24. The van der Waals surface area contributed by atoms with E-state index >= 15 is 0 Å². The molecule has 6 heteroatoms. The van der Waals surface area contributed by atoms with Gasteiger partial charge in [-0.15, -0.1) is 11.8 Å². The van der Waals surface area contributed by atoms with Crippen LogP contribution in [0.2, 0.25) is 10.0 Å². The summed E-state index contributed by atoms with van der Waals surface area (Å²) in [4.78, 5) is 3.56. The normalized spacial score (nSPS) is 15.6. The number of para-hydroxylation sites is 1. The Morgan fingerprint density at radius 1 is 0.852 bits per heavy atom. The molecule has 1 aromatic heterocycles. The molecule has 27 heavy (non-hydrogen) atoms. The molecule has 1 fully saturated rings. The summed E-state index contributed by atoms with van der Waals surface area (Å²) >= 11 is 14.2. The van der Waals surface area contributed by atoms with Crippen molar-refractivity contribution in [2.75, 3.05) is 43.5 Å². The third kappa shape index (κ3) is 4.40. The van der Waals surface area contributed by atoms with Gasteiger partial charge in [0.25, 0.3) is 0 Å². The van der Waals surface area contributed by atoms with Crippen LogP contribution in [0.1, 0.15) is 6.42 Å². The molecule has 1 aliphatic heterocycles. The molecule has 1 aliphatic rings. The monoisotopic (exact) mass is 419 g/mol. The van der Waals surface area contributed by atoms with Crippen LogP contribution in [0.4, 0.5) is 0 Å². The second-order valence-corrected chi connectivity index (χ2v) is 8.69. The van der Waals surface area contributed by atoms with Gasteiger partial charge in [-0.3, -0.25) is 9.58 Å². The SMILES string of the molecule is Clc1cccc(Cl)c1SCCCN1CCN(n2ccc3ccccc32)CC1. The van der Waals surface area contributed by atoms with Gasteiger partial charge in [0.1, 0.15) is 0 Å². The molecule has 0 spiro atoms. The molecular formula is C21H23Cl2N3S. The van der Waals surface area contributed by atoms with Crippen LogP contribution >= 0.6 is 35.0 Å². The highest BCUT2D eigenvalue weighted by Gasteiger charge is 2.17. The van der Waals surface area contributed by atoms with E-state index < -0.39 is 0 Å². The minimum atomic E-state index is 0.750. The minimum absolute atomic E-state index is 0.750. The predicted octanol–water partition coefficient (Wildman–Crippen LogP) is 5.38. The Hall–Kier alpha value is -1.33. The van der Waals surface area contributed by atoms with E-state index in [1.54, 1.807) is 11.8 Å². The van der Waals surface area contributed by atoms with Crippen LogP contribution in [0.25, 0.3) is 10.9 Å². The molecule has 0 bridgehead atoms. The Morgan fingerprint density at radius 3 is 2.37 bits per heavy atom. The first kappa shape index (κ1) is 19.0. The van der Waals surface area contributed by atoms with Gasteiger partial charge in [-0.25, -0.2) is 0 Å². The van der Waals surface area contributed by atoms with Crippen molar-refractivity contribution in [3.63, 3.8) is 0 Å². The van der Waals surface area contributed by atoms with Gasteiger partial charge in [0.2, 0.25) is 0 Å². The van der Waals surface area contributed by atoms with Crippen molar-refractivity contribution in [1.82, 2.24) is 9.58 Å². The molecule has 142 valence electrons. The van der Waals surface area contributed by atoms with E-state index in [1.807, 2.05) is 18.2 Å². The third-order valence-corrected chi connectivity index (χ3v) is 7.09. The Labute approximate surface area is 174 Å². The van der Waals surface area contributed by atoms with Gasteiger partial charge in [0.15, 0.2) is 0 Å². The van der Waals surface area contributed by atoms with Crippen LogP contribution in [0, 0.1) is 0 Å². The molecule has 0 atom stereocenters. The second kappa shape index (κ2) is 8.78. The molecule has 1 saturated heterocycles. The fourth-order valence-electron chi connectivity index (χ4n) is 3.57. The molecule has 2 heterocycles. The number of aromatic nitrogens is 1. The average molecular weight is 420 g/mol. The van der Waals surface area contributed by atoms with Gasteiger partial charge < -0.3 is 5.01 Å². The fraction of sp³-hybridized carbons (Fsp3) is 0.333. The van der Waals surface area contributed by atoms with Crippen molar-refractivity contribution in [3.8, 4) is 0 Å². The largest absolute Gasteiger partial charge is 0.310 e. The number of nitrogens with zero attached hydrogens (tertiary/aromatic N) is 3. The Kier molecular flexibility index (Phi) is 6.18. The lowest BCUT2D eigenvalue weighted by Gasteiger charge is -2.37. The Morgan fingerprint density at radius 2 is 1.59 bits per heavy atom. The fourth-order valence-corrected chi connectivity index (χ4v) is 5.19. The zero-order valence-electron chi connectivity index (χ0n) is 15.2. The first-order valence-corrected chi connectivity index (χ1v) is 11.1. The summed E-state index contributed by atoms with van der Waals surface area (Å²) in [5.74, 6) is 1.03. The summed E-state index contributed by atoms with van der Waals surface area (Å²) in [6.45, 7) is 5.44. The first-order valence-electron chi connectivity index (χ1n) is 9.33. The molecule has 3 aromatic rings. The van der Waals surface area contributed by atoms with Gasteiger partial charge in [0.05, 0.1) is 15.6 Å². The number of halogens is 2. The highest BCUT2D eigenvalue weighted by Crippen LogP contribution is 2.34. The lowest BCUT2D eigenvalue weighted by molar-refractivity contribution is 0.242. The molecule has 0 radical (unpaired) electrons. The number of benzene rings is 2. The summed E-state index contributed by atoms with van der Waals surface area (Å²) in [6.07, 6.45) is 3.32. The first-order chi connectivity index (χ1) is 13.2. The number of rotatable bonds is 6. The van der Waals surface area contributed by atoms with E-state index in [-0.39, 0.29) is 0 Å². The van der Waals surface area contributed by atoms with Crippen LogP contribution in [0.3, 0.4) is 0 Å². The summed E-state index contributed by atoms with van der Waals surface area (Å²) in [5, 5.41) is 5.24. The molecule has 0 unspecified atom stereocenters. The molecule has 0 amide bonds. The van der Waals surface area contributed by atoms with Crippen LogP contribution in [-0.4, -0.2) is 48.1 Å². The number of hydrogen-bond acceptors (Lipinski definition) is 3. The molecule has 0 saturated carbocycles. The highest BCUT2D eigenvalue weighted by atomic mass is 35.5. The zero-order valence-corrected chi connectivity index (χ0v) is 17.5. The van der Waals surface area contributed by atoms with E-state index in [1.165, 1.54) is 10.9 Å². The van der Waals surface area contributed by atoms with Crippen molar-refractivity contribution < 1.29 is 0 Å². The molecule has 3 nitrogen and oxygen atoms in total. The predicted molar refractivity (Wildman–Crippen MR) is 118 cm³/mol. The van der Waals surface area contributed by atoms with E-state index in [0.717, 1.165) is 59.8 Å². The van der Waals surface area contributed by atoms with E-state index in [9.17, 15) is 0 Å². The van der Waals surface area contributed by atoms with Crippen LogP contribution in [0.5, 0.6) is 0 Å². The third-order valence-electron chi connectivity index (χ3n) is 5.02. The maximum Gasteiger partial charge on any atom is 0.0694 e. The van der Waals surface area contributed by atoms with Gasteiger partial charge in [0, 0.05) is 42.7 Å². The van der Waals surface area contributed by atoms with E-state index in [0.29, 0.717) is 0 Å². The Bertz CT molecular complexity index is 883. The average Bonchev–Trinajstić information content (AvgIpc) is 3.12. The molecule has 0 N–H and O–H groups in total. The number of thioether (sulfide) groups is 1. The zero-order chi connectivity index (χ0) is 18.6. The van der Waals surface area contributed by atoms with Gasteiger partial charge in [-0.1, -0.05) is 47.5 Å². The van der Waals surface area contributed by atoms with E-state index in [2.05, 4.69) is 51.1 Å². The van der Waals surface area contributed by atoms with Gasteiger partial charge in [-0.05, 0) is 43.0 Å². The van der Waals surface area contributed by atoms with Crippen molar-refractivity contribution >= 4 is 45.9 Å². The van der Waals surface area contributed by atoms with Crippen LogP contribution < -0.4 is 5.01 Å². The number of hydrogen-bond donors (Lipinski definition) is 0. The lowest BCUT2D eigenvalue weighted by atomic mass is 10.2. The van der Waals surface area contributed by atoms with Crippen LogP contribution in [0.15, 0.2) is 59.6 Å². The summed E-state index contributed by atoms with van der Waals surface area (Å²) in [7, 11) is 0. The summed E-state index contributed by atoms with van der Waals surface area (Å²) in [5.41, 5.74) is 1.29. The van der Waals surface area contributed by atoms with E-state index in [4.69, 9.17) is 23.2 Å². The lowest BCUT2D eigenvalue weighted by Crippen LogP contribution is -2.51. The smallest absolute Gasteiger partial charge is 0.0694 e.